The van der Waals surface area contributed by atoms with Gasteiger partial charge in [0, 0.05) is 11.4 Å². The van der Waals surface area contributed by atoms with Crippen LogP contribution in [0.5, 0.6) is 0 Å². The first-order valence-electron chi connectivity index (χ1n) is 7.16. The van der Waals surface area contributed by atoms with E-state index in [0.717, 1.165) is 11.4 Å². The molecule has 0 unspecified atom stereocenters. The molecule has 114 valence electrons. The van der Waals surface area contributed by atoms with Crippen LogP contribution in [-0.4, -0.2) is 9.97 Å². The highest BCUT2D eigenvalue weighted by Crippen LogP contribution is 2.23. The van der Waals surface area contributed by atoms with E-state index in [1.54, 1.807) is 0 Å². The molecule has 24 heavy (non-hydrogen) atoms. The van der Waals surface area contributed by atoms with Gasteiger partial charge in [-0.1, -0.05) is 36.4 Å². The molecule has 0 bridgehead atoms. The lowest BCUT2D eigenvalue weighted by Crippen LogP contribution is -2.06. The van der Waals surface area contributed by atoms with Crippen molar-refractivity contribution in [2.75, 3.05) is 10.6 Å². The van der Waals surface area contributed by atoms with Crippen molar-refractivity contribution < 1.29 is 0 Å². The molecule has 1 heterocycles. The molecule has 0 saturated carbocycles. The molecule has 2 aromatic carbocycles. The smallest absolute Gasteiger partial charge is 0.185 e. The van der Waals surface area contributed by atoms with E-state index in [1.807, 2.05) is 72.8 Å². The quantitative estimate of drug-likeness (QED) is 0.762. The van der Waals surface area contributed by atoms with E-state index in [2.05, 4.69) is 20.6 Å². The number of rotatable bonds is 4. The van der Waals surface area contributed by atoms with Crippen molar-refractivity contribution in [1.29, 1.82) is 10.5 Å². The van der Waals surface area contributed by atoms with E-state index < -0.39 is 0 Å². The minimum atomic E-state index is 0.108. The monoisotopic (exact) mass is 312 g/mol. The number of benzene rings is 2. The molecular weight excluding hydrogens is 300 g/mol. The maximum absolute atomic E-state index is 9.35. The summed E-state index contributed by atoms with van der Waals surface area (Å²) in [5.74, 6) is 0.498. The highest BCUT2D eigenvalue weighted by atomic mass is 15.1. The Kier molecular flexibility index (Phi) is 4.32. The van der Waals surface area contributed by atoms with Gasteiger partial charge in [0.2, 0.25) is 0 Å². The SMILES string of the molecule is N#Cc1nc(Nc2ccccc2)c(C#N)nc1Nc1ccccc1. The summed E-state index contributed by atoms with van der Waals surface area (Å²) in [6.07, 6.45) is 0. The fourth-order valence-corrected chi connectivity index (χ4v) is 2.08. The van der Waals surface area contributed by atoms with Crippen LogP contribution in [0.1, 0.15) is 11.4 Å². The van der Waals surface area contributed by atoms with E-state index >= 15 is 0 Å². The Morgan fingerprint density at radius 3 is 1.33 bits per heavy atom. The number of nitriles is 2. The Balaban J connectivity index is 1.98. The summed E-state index contributed by atoms with van der Waals surface area (Å²) in [7, 11) is 0. The van der Waals surface area contributed by atoms with Gasteiger partial charge in [-0.05, 0) is 24.3 Å². The van der Waals surface area contributed by atoms with Crippen LogP contribution in [0.15, 0.2) is 60.7 Å². The second-order valence-corrected chi connectivity index (χ2v) is 4.82. The predicted octanol–water partition coefficient (Wildman–Crippen LogP) is 3.71. The van der Waals surface area contributed by atoms with E-state index in [0.29, 0.717) is 0 Å². The second-order valence-electron chi connectivity index (χ2n) is 4.82. The van der Waals surface area contributed by atoms with Gasteiger partial charge in [-0.25, -0.2) is 9.97 Å². The Morgan fingerprint density at radius 2 is 1.00 bits per heavy atom. The molecule has 6 heteroatoms. The molecule has 3 rings (SSSR count). The lowest BCUT2D eigenvalue weighted by atomic mass is 10.3. The molecular formula is C18H12N6. The van der Waals surface area contributed by atoms with E-state index in [-0.39, 0.29) is 23.0 Å². The van der Waals surface area contributed by atoms with Crippen molar-refractivity contribution in [3.05, 3.63) is 72.1 Å². The van der Waals surface area contributed by atoms with Crippen LogP contribution in [0.2, 0.25) is 0 Å². The summed E-state index contributed by atoms with van der Waals surface area (Å²) in [6.45, 7) is 0. The molecule has 0 aliphatic carbocycles. The lowest BCUT2D eigenvalue weighted by Gasteiger charge is -2.11. The third-order valence-corrected chi connectivity index (χ3v) is 3.18. The van der Waals surface area contributed by atoms with Gasteiger partial charge >= 0.3 is 0 Å². The van der Waals surface area contributed by atoms with E-state index in [4.69, 9.17) is 0 Å². The van der Waals surface area contributed by atoms with Gasteiger partial charge in [0.1, 0.15) is 12.1 Å². The zero-order valence-corrected chi connectivity index (χ0v) is 12.6. The van der Waals surface area contributed by atoms with Gasteiger partial charge in [0.25, 0.3) is 0 Å². The Hall–Kier alpha value is -3.90. The zero-order valence-electron chi connectivity index (χ0n) is 12.6. The molecule has 0 fully saturated rings. The average Bonchev–Trinajstić information content (AvgIpc) is 2.64. The van der Waals surface area contributed by atoms with Gasteiger partial charge in [-0.15, -0.1) is 0 Å². The normalized spacial score (nSPS) is 9.58. The number of hydrogen-bond acceptors (Lipinski definition) is 6. The molecule has 0 aliphatic rings. The van der Waals surface area contributed by atoms with Crippen LogP contribution >= 0.6 is 0 Å². The summed E-state index contributed by atoms with van der Waals surface area (Å²) in [5, 5.41) is 24.7. The Bertz CT molecular complexity index is 844. The highest BCUT2D eigenvalue weighted by Gasteiger charge is 2.14. The largest absolute Gasteiger partial charge is 0.338 e. The second kappa shape index (κ2) is 6.91. The number of para-hydroxylation sites is 2. The van der Waals surface area contributed by atoms with Gasteiger partial charge < -0.3 is 10.6 Å². The third-order valence-electron chi connectivity index (χ3n) is 3.18. The van der Waals surface area contributed by atoms with Crippen molar-refractivity contribution in [3.63, 3.8) is 0 Å². The zero-order chi connectivity index (χ0) is 16.8. The molecule has 0 amide bonds. The highest BCUT2D eigenvalue weighted by molar-refractivity contribution is 5.67. The van der Waals surface area contributed by atoms with Gasteiger partial charge in [0.15, 0.2) is 23.0 Å². The first kappa shape index (κ1) is 15.0. The van der Waals surface area contributed by atoms with Crippen molar-refractivity contribution in [3.8, 4) is 12.1 Å². The Labute approximate surface area is 139 Å². The van der Waals surface area contributed by atoms with Crippen LogP contribution < -0.4 is 10.6 Å². The molecule has 3 aromatic rings. The summed E-state index contributed by atoms with van der Waals surface area (Å²) in [6, 6.07) is 22.6. The van der Waals surface area contributed by atoms with Crippen LogP contribution in [0.3, 0.4) is 0 Å². The molecule has 6 nitrogen and oxygen atoms in total. The van der Waals surface area contributed by atoms with Crippen molar-refractivity contribution in [2.45, 2.75) is 0 Å². The first-order valence-corrected chi connectivity index (χ1v) is 7.16. The maximum Gasteiger partial charge on any atom is 0.185 e. The molecule has 0 atom stereocenters. The van der Waals surface area contributed by atoms with E-state index in [1.165, 1.54) is 0 Å². The fourth-order valence-electron chi connectivity index (χ4n) is 2.08. The predicted molar refractivity (Wildman–Crippen MR) is 90.9 cm³/mol. The van der Waals surface area contributed by atoms with Crippen molar-refractivity contribution >= 4 is 23.0 Å². The molecule has 2 N–H and O–H groups in total. The van der Waals surface area contributed by atoms with Crippen LogP contribution in [0.25, 0.3) is 0 Å². The fraction of sp³-hybridized carbons (Fsp3) is 0. The molecule has 0 saturated heterocycles. The summed E-state index contributed by atoms with van der Waals surface area (Å²) in [5.41, 5.74) is 1.74. The van der Waals surface area contributed by atoms with Gasteiger partial charge in [0.05, 0.1) is 0 Å². The minimum Gasteiger partial charge on any atom is -0.338 e. The number of nitrogens with one attached hydrogen (secondary N) is 2. The minimum absolute atomic E-state index is 0.108. The van der Waals surface area contributed by atoms with Crippen LogP contribution in [0.4, 0.5) is 23.0 Å². The van der Waals surface area contributed by atoms with Crippen LogP contribution in [-0.2, 0) is 0 Å². The van der Waals surface area contributed by atoms with Gasteiger partial charge in [-0.3, -0.25) is 0 Å². The standard InChI is InChI=1S/C18H12N6/c19-11-15-17(21-13-7-3-1-4-8-13)23-16(12-20)18(24-15)22-14-9-5-2-6-10-14/h1-10H,(H,21,23)(H,22,24). The molecule has 1 aromatic heterocycles. The third kappa shape index (κ3) is 3.29. The maximum atomic E-state index is 9.35. The van der Waals surface area contributed by atoms with Gasteiger partial charge in [-0.2, -0.15) is 10.5 Å². The molecule has 0 radical (unpaired) electrons. The number of anilines is 4. The molecule has 0 spiro atoms. The summed E-state index contributed by atoms with van der Waals surface area (Å²) >= 11 is 0. The van der Waals surface area contributed by atoms with Crippen molar-refractivity contribution in [2.24, 2.45) is 0 Å². The average molecular weight is 312 g/mol. The Morgan fingerprint density at radius 1 is 0.625 bits per heavy atom. The topological polar surface area (TPSA) is 97.4 Å². The van der Waals surface area contributed by atoms with Crippen LogP contribution in [0, 0.1) is 22.7 Å². The first-order chi connectivity index (χ1) is 11.8. The summed E-state index contributed by atoms with van der Waals surface area (Å²) in [4.78, 5) is 8.47. The molecule has 0 aliphatic heterocycles. The lowest BCUT2D eigenvalue weighted by molar-refractivity contribution is 1.13. The van der Waals surface area contributed by atoms with Crippen molar-refractivity contribution in [1.82, 2.24) is 9.97 Å². The number of aromatic nitrogens is 2. The number of hydrogen-bond donors (Lipinski definition) is 2. The summed E-state index contributed by atoms with van der Waals surface area (Å²) < 4.78 is 0. The van der Waals surface area contributed by atoms with E-state index in [9.17, 15) is 10.5 Å². The number of nitrogens with zero attached hydrogens (tertiary/aromatic N) is 4.